The SMILES string of the molecule is COc1ccc(NC(=O)c2cc(Nc3ccccc3C#N)ncn2)cc1. The molecule has 7 heteroatoms. The van der Waals surface area contributed by atoms with Gasteiger partial charge in [0, 0.05) is 11.8 Å². The summed E-state index contributed by atoms with van der Waals surface area (Å²) in [4.78, 5) is 20.5. The van der Waals surface area contributed by atoms with Crippen molar-refractivity contribution in [2.24, 2.45) is 0 Å². The minimum absolute atomic E-state index is 0.202. The molecule has 0 spiro atoms. The summed E-state index contributed by atoms with van der Waals surface area (Å²) in [5.41, 5.74) is 1.91. The highest BCUT2D eigenvalue weighted by molar-refractivity contribution is 6.03. The van der Waals surface area contributed by atoms with Crippen LogP contribution in [-0.4, -0.2) is 23.0 Å². The Balaban J connectivity index is 1.75. The molecule has 128 valence electrons. The van der Waals surface area contributed by atoms with Crippen molar-refractivity contribution in [2.45, 2.75) is 0 Å². The van der Waals surface area contributed by atoms with E-state index < -0.39 is 0 Å². The molecule has 3 aromatic rings. The third kappa shape index (κ3) is 3.94. The number of methoxy groups -OCH3 is 1. The standard InChI is InChI=1S/C19H15N5O2/c1-26-15-8-6-14(7-9-15)23-19(25)17-10-18(22-12-21-17)24-16-5-3-2-4-13(16)11-20/h2-10,12H,1H3,(H,23,25)(H,21,22,24). The Morgan fingerprint density at radius 2 is 1.88 bits per heavy atom. The molecule has 2 N–H and O–H groups in total. The van der Waals surface area contributed by atoms with E-state index in [4.69, 9.17) is 10.00 Å². The topological polar surface area (TPSA) is 99.9 Å². The van der Waals surface area contributed by atoms with Crippen molar-refractivity contribution in [3.63, 3.8) is 0 Å². The van der Waals surface area contributed by atoms with E-state index in [1.54, 1.807) is 49.6 Å². The van der Waals surface area contributed by atoms with Gasteiger partial charge in [-0.05, 0) is 36.4 Å². The molecular formula is C19H15N5O2. The smallest absolute Gasteiger partial charge is 0.274 e. The number of anilines is 3. The third-order valence-corrected chi connectivity index (χ3v) is 3.56. The highest BCUT2D eigenvalue weighted by Crippen LogP contribution is 2.19. The van der Waals surface area contributed by atoms with Crippen LogP contribution in [-0.2, 0) is 0 Å². The van der Waals surface area contributed by atoms with Crippen LogP contribution in [0.4, 0.5) is 17.2 Å². The number of carbonyl (C=O) groups is 1. The summed E-state index contributed by atoms with van der Waals surface area (Å²) in [6.07, 6.45) is 1.29. The van der Waals surface area contributed by atoms with Gasteiger partial charge in [-0.15, -0.1) is 0 Å². The van der Waals surface area contributed by atoms with Crippen LogP contribution in [0.25, 0.3) is 0 Å². The number of nitriles is 1. The van der Waals surface area contributed by atoms with E-state index in [0.717, 1.165) is 0 Å². The zero-order valence-electron chi connectivity index (χ0n) is 13.9. The van der Waals surface area contributed by atoms with Gasteiger partial charge < -0.3 is 15.4 Å². The number of rotatable bonds is 5. The molecule has 1 amide bonds. The molecule has 0 bridgehead atoms. The number of ether oxygens (including phenoxy) is 1. The number of hydrogen-bond donors (Lipinski definition) is 2. The van der Waals surface area contributed by atoms with Gasteiger partial charge in [-0.2, -0.15) is 5.26 Å². The average Bonchev–Trinajstić information content (AvgIpc) is 2.69. The van der Waals surface area contributed by atoms with Gasteiger partial charge >= 0.3 is 0 Å². The molecule has 1 aromatic heterocycles. The normalized spacial score (nSPS) is 9.85. The average molecular weight is 345 g/mol. The van der Waals surface area contributed by atoms with E-state index in [-0.39, 0.29) is 11.6 Å². The van der Waals surface area contributed by atoms with Gasteiger partial charge in [0.2, 0.25) is 0 Å². The molecule has 0 saturated heterocycles. The van der Waals surface area contributed by atoms with E-state index in [1.807, 2.05) is 6.07 Å². The Bertz CT molecular complexity index is 964. The first kappa shape index (κ1) is 16.9. The van der Waals surface area contributed by atoms with Gasteiger partial charge in [-0.3, -0.25) is 4.79 Å². The van der Waals surface area contributed by atoms with Crippen molar-refractivity contribution in [1.29, 1.82) is 5.26 Å². The second kappa shape index (κ2) is 7.77. The van der Waals surface area contributed by atoms with Gasteiger partial charge in [0.25, 0.3) is 5.91 Å². The van der Waals surface area contributed by atoms with Gasteiger partial charge in [-0.1, -0.05) is 12.1 Å². The summed E-state index contributed by atoms with van der Waals surface area (Å²) in [5, 5.41) is 14.9. The molecule has 0 aliphatic carbocycles. The predicted molar refractivity (Wildman–Crippen MR) is 97.4 cm³/mol. The first-order chi connectivity index (χ1) is 12.7. The largest absolute Gasteiger partial charge is 0.497 e. The fourth-order valence-electron chi connectivity index (χ4n) is 2.25. The number of para-hydroxylation sites is 1. The lowest BCUT2D eigenvalue weighted by molar-refractivity contribution is 0.102. The number of hydrogen-bond acceptors (Lipinski definition) is 6. The second-order valence-corrected chi connectivity index (χ2v) is 5.25. The van der Waals surface area contributed by atoms with Crippen LogP contribution < -0.4 is 15.4 Å². The maximum absolute atomic E-state index is 12.4. The lowest BCUT2D eigenvalue weighted by Crippen LogP contribution is -2.14. The van der Waals surface area contributed by atoms with E-state index in [1.165, 1.54) is 12.4 Å². The van der Waals surface area contributed by atoms with Crippen molar-refractivity contribution in [3.05, 3.63) is 72.2 Å². The van der Waals surface area contributed by atoms with Crippen molar-refractivity contribution in [1.82, 2.24) is 9.97 Å². The molecule has 2 aromatic carbocycles. The lowest BCUT2D eigenvalue weighted by atomic mass is 10.2. The van der Waals surface area contributed by atoms with Crippen molar-refractivity contribution < 1.29 is 9.53 Å². The van der Waals surface area contributed by atoms with Crippen molar-refractivity contribution in [2.75, 3.05) is 17.7 Å². The summed E-state index contributed by atoms with van der Waals surface area (Å²) in [6.45, 7) is 0. The van der Waals surface area contributed by atoms with Gasteiger partial charge in [0.15, 0.2) is 0 Å². The van der Waals surface area contributed by atoms with Gasteiger partial charge in [0.1, 0.15) is 29.7 Å². The van der Waals surface area contributed by atoms with Crippen LogP contribution in [0.3, 0.4) is 0 Å². The Kier molecular flexibility index (Phi) is 5.05. The molecule has 0 fully saturated rings. The fraction of sp³-hybridized carbons (Fsp3) is 0.0526. The minimum atomic E-state index is -0.366. The molecular weight excluding hydrogens is 330 g/mol. The highest BCUT2D eigenvalue weighted by Gasteiger charge is 2.10. The van der Waals surface area contributed by atoms with Crippen molar-refractivity contribution >= 4 is 23.1 Å². The van der Waals surface area contributed by atoms with E-state index >= 15 is 0 Å². The van der Waals surface area contributed by atoms with Gasteiger partial charge in [-0.25, -0.2) is 9.97 Å². The number of amides is 1. The Labute approximate surface area is 150 Å². The Hall–Kier alpha value is -3.92. The number of carbonyl (C=O) groups excluding carboxylic acids is 1. The third-order valence-electron chi connectivity index (χ3n) is 3.56. The number of nitrogens with one attached hydrogen (secondary N) is 2. The number of aromatic nitrogens is 2. The summed E-state index contributed by atoms with van der Waals surface area (Å²) in [7, 11) is 1.58. The van der Waals surface area contributed by atoms with Crippen LogP contribution in [0.5, 0.6) is 5.75 Å². The summed E-state index contributed by atoms with van der Waals surface area (Å²) in [6, 6.07) is 17.6. The molecule has 1 heterocycles. The van der Waals surface area contributed by atoms with Crippen LogP contribution in [0.15, 0.2) is 60.9 Å². The number of benzene rings is 2. The van der Waals surface area contributed by atoms with E-state index in [9.17, 15) is 4.79 Å². The lowest BCUT2D eigenvalue weighted by Gasteiger charge is -2.09. The molecule has 7 nitrogen and oxygen atoms in total. The zero-order chi connectivity index (χ0) is 18.4. The van der Waals surface area contributed by atoms with Crippen molar-refractivity contribution in [3.8, 4) is 11.8 Å². The molecule has 0 aliphatic heterocycles. The quantitative estimate of drug-likeness (QED) is 0.735. The first-order valence-electron chi connectivity index (χ1n) is 7.73. The Morgan fingerprint density at radius 1 is 1.12 bits per heavy atom. The highest BCUT2D eigenvalue weighted by atomic mass is 16.5. The first-order valence-corrected chi connectivity index (χ1v) is 7.73. The summed E-state index contributed by atoms with van der Waals surface area (Å²) >= 11 is 0. The van der Waals surface area contributed by atoms with Gasteiger partial charge in [0.05, 0.1) is 18.4 Å². The zero-order valence-corrected chi connectivity index (χ0v) is 13.9. The molecule has 0 saturated carbocycles. The second-order valence-electron chi connectivity index (χ2n) is 5.25. The maximum atomic E-state index is 12.4. The van der Waals surface area contributed by atoms with Crippen LogP contribution in [0.2, 0.25) is 0 Å². The predicted octanol–water partition coefficient (Wildman–Crippen LogP) is 3.35. The summed E-state index contributed by atoms with van der Waals surface area (Å²) < 4.78 is 5.09. The molecule has 0 atom stereocenters. The monoisotopic (exact) mass is 345 g/mol. The minimum Gasteiger partial charge on any atom is -0.497 e. The number of nitrogens with zero attached hydrogens (tertiary/aromatic N) is 3. The van der Waals surface area contributed by atoms with Crippen LogP contribution in [0, 0.1) is 11.3 Å². The van der Waals surface area contributed by atoms with Crippen LogP contribution in [0.1, 0.15) is 16.1 Å². The van der Waals surface area contributed by atoms with E-state index in [0.29, 0.717) is 28.5 Å². The Morgan fingerprint density at radius 3 is 2.62 bits per heavy atom. The molecule has 0 aliphatic rings. The maximum Gasteiger partial charge on any atom is 0.274 e. The molecule has 0 radical (unpaired) electrons. The summed E-state index contributed by atoms with van der Waals surface area (Å²) in [5.74, 6) is 0.754. The molecule has 3 rings (SSSR count). The molecule has 0 unspecified atom stereocenters. The van der Waals surface area contributed by atoms with E-state index in [2.05, 4.69) is 26.7 Å². The molecule has 26 heavy (non-hydrogen) atoms. The fourth-order valence-corrected chi connectivity index (χ4v) is 2.25. The van der Waals surface area contributed by atoms with Crippen LogP contribution >= 0.6 is 0 Å².